The third kappa shape index (κ3) is 3.03. The van der Waals surface area contributed by atoms with Gasteiger partial charge in [-0.2, -0.15) is 0 Å². The second-order valence-corrected chi connectivity index (χ2v) is 5.37. The number of nitrogens with one attached hydrogen (secondary N) is 1. The zero-order valence-electron chi connectivity index (χ0n) is 11.8. The highest BCUT2D eigenvalue weighted by atomic mass is 16.5. The van der Waals surface area contributed by atoms with Crippen molar-refractivity contribution in [3.05, 3.63) is 29.8 Å². The third-order valence-electron chi connectivity index (χ3n) is 3.73. The minimum absolute atomic E-state index is 0.461. The molecule has 2 rings (SSSR count). The van der Waals surface area contributed by atoms with E-state index in [2.05, 4.69) is 43.1 Å². The van der Waals surface area contributed by atoms with Gasteiger partial charge in [-0.15, -0.1) is 0 Å². The van der Waals surface area contributed by atoms with Crippen LogP contribution in [0.15, 0.2) is 24.3 Å². The fraction of sp³-hybridized carbons (Fsp3) is 0.600. The highest BCUT2D eigenvalue weighted by molar-refractivity contribution is 5.29. The van der Waals surface area contributed by atoms with E-state index in [0.717, 1.165) is 18.8 Å². The molecular weight excluding hydrogens is 224 g/mol. The molecule has 3 atom stereocenters. The van der Waals surface area contributed by atoms with Crippen molar-refractivity contribution in [2.75, 3.05) is 20.2 Å². The van der Waals surface area contributed by atoms with Crippen molar-refractivity contribution >= 4 is 0 Å². The summed E-state index contributed by atoms with van der Waals surface area (Å²) in [5.74, 6) is 0.924. The van der Waals surface area contributed by atoms with Crippen LogP contribution < -0.4 is 10.1 Å². The Morgan fingerprint density at radius 3 is 2.22 bits per heavy atom. The monoisotopic (exact) mass is 248 g/mol. The van der Waals surface area contributed by atoms with Gasteiger partial charge in [0.2, 0.25) is 0 Å². The maximum absolute atomic E-state index is 5.20. The average molecular weight is 248 g/mol. The van der Waals surface area contributed by atoms with Gasteiger partial charge in [-0.05, 0) is 38.5 Å². The van der Waals surface area contributed by atoms with Gasteiger partial charge < -0.3 is 10.1 Å². The molecule has 1 aromatic carbocycles. The first kappa shape index (κ1) is 13.4. The Bertz CT molecular complexity index is 367. The first-order valence-electron chi connectivity index (χ1n) is 6.74. The maximum Gasteiger partial charge on any atom is 0.118 e. The van der Waals surface area contributed by atoms with Gasteiger partial charge in [-0.25, -0.2) is 0 Å². The molecule has 0 aromatic heterocycles. The molecule has 3 nitrogen and oxygen atoms in total. The quantitative estimate of drug-likeness (QED) is 0.889. The van der Waals surface area contributed by atoms with Gasteiger partial charge in [0, 0.05) is 31.2 Å². The number of rotatable bonds is 3. The summed E-state index contributed by atoms with van der Waals surface area (Å²) in [6.07, 6.45) is 0. The molecule has 0 saturated carbocycles. The smallest absolute Gasteiger partial charge is 0.118 e. The summed E-state index contributed by atoms with van der Waals surface area (Å²) < 4.78 is 5.20. The number of piperazine rings is 1. The van der Waals surface area contributed by atoms with E-state index in [9.17, 15) is 0 Å². The number of methoxy groups -OCH3 is 1. The predicted molar refractivity (Wildman–Crippen MR) is 75.0 cm³/mol. The van der Waals surface area contributed by atoms with E-state index in [-0.39, 0.29) is 0 Å². The van der Waals surface area contributed by atoms with Crippen molar-refractivity contribution in [2.24, 2.45) is 0 Å². The van der Waals surface area contributed by atoms with Crippen molar-refractivity contribution in [2.45, 2.75) is 38.9 Å². The molecule has 0 aliphatic carbocycles. The molecule has 3 unspecified atom stereocenters. The van der Waals surface area contributed by atoms with Gasteiger partial charge in [0.05, 0.1) is 7.11 Å². The summed E-state index contributed by atoms with van der Waals surface area (Å²) in [7, 11) is 1.71. The van der Waals surface area contributed by atoms with Crippen LogP contribution in [0.3, 0.4) is 0 Å². The second kappa shape index (κ2) is 5.72. The zero-order chi connectivity index (χ0) is 13.1. The lowest BCUT2D eigenvalue weighted by Crippen LogP contribution is -2.54. The van der Waals surface area contributed by atoms with Crippen LogP contribution in [-0.2, 0) is 0 Å². The molecule has 0 bridgehead atoms. The van der Waals surface area contributed by atoms with Crippen molar-refractivity contribution in [1.29, 1.82) is 0 Å². The summed E-state index contributed by atoms with van der Waals surface area (Å²) in [4.78, 5) is 2.55. The molecule has 18 heavy (non-hydrogen) atoms. The molecule has 1 heterocycles. The average Bonchev–Trinajstić information content (AvgIpc) is 2.37. The van der Waals surface area contributed by atoms with Crippen LogP contribution in [0.25, 0.3) is 0 Å². The highest BCUT2D eigenvalue weighted by Gasteiger charge is 2.25. The van der Waals surface area contributed by atoms with Gasteiger partial charge >= 0.3 is 0 Å². The van der Waals surface area contributed by atoms with Gasteiger partial charge in [-0.1, -0.05) is 12.1 Å². The van der Waals surface area contributed by atoms with Crippen LogP contribution >= 0.6 is 0 Å². The number of hydrogen-bond donors (Lipinski definition) is 1. The Morgan fingerprint density at radius 2 is 1.72 bits per heavy atom. The Morgan fingerprint density at radius 1 is 1.17 bits per heavy atom. The van der Waals surface area contributed by atoms with E-state index >= 15 is 0 Å². The summed E-state index contributed by atoms with van der Waals surface area (Å²) in [6.45, 7) is 9.01. The molecule has 1 aromatic rings. The van der Waals surface area contributed by atoms with Crippen LogP contribution in [-0.4, -0.2) is 37.2 Å². The largest absolute Gasteiger partial charge is 0.497 e. The Kier molecular flexibility index (Phi) is 4.25. The minimum Gasteiger partial charge on any atom is -0.497 e. The van der Waals surface area contributed by atoms with Crippen LogP contribution in [0.2, 0.25) is 0 Å². The fourth-order valence-corrected chi connectivity index (χ4v) is 2.78. The van der Waals surface area contributed by atoms with E-state index in [1.54, 1.807) is 7.11 Å². The minimum atomic E-state index is 0.461. The topological polar surface area (TPSA) is 24.5 Å². The predicted octanol–water partition coefficient (Wildman–Crippen LogP) is 2.44. The van der Waals surface area contributed by atoms with Crippen LogP contribution in [0.1, 0.15) is 32.4 Å². The Hall–Kier alpha value is -1.06. The van der Waals surface area contributed by atoms with Gasteiger partial charge in [0.15, 0.2) is 0 Å². The molecule has 0 radical (unpaired) electrons. The SMILES string of the molecule is COc1ccc(C(C)N2CC(C)NC(C)C2)cc1. The number of hydrogen-bond acceptors (Lipinski definition) is 3. The number of ether oxygens (including phenoxy) is 1. The Labute approximate surface area is 110 Å². The van der Waals surface area contributed by atoms with Crippen LogP contribution in [0.5, 0.6) is 5.75 Å². The zero-order valence-corrected chi connectivity index (χ0v) is 11.8. The van der Waals surface area contributed by atoms with E-state index in [4.69, 9.17) is 4.74 Å². The van der Waals surface area contributed by atoms with Crippen molar-refractivity contribution in [3.8, 4) is 5.75 Å². The lowest BCUT2D eigenvalue weighted by atomic mass is 10.0. The second-order valence-electron chi connectivity index (χ2n) is 5.37. The fourth-order valence-electron chi connectivity index (χ4n) is 2.78. The van der Waals surface area contributed by atoms with Gasteiger partial charge in [-0.3, -0.25) is 4.90 Å². The summed E-state index contributed by atoms with van der Waals surface area (Å²) >= 11 is 0. The van der Waals surface area contributed by atoms with E-state index in [1.807, 2.05) is 12.1 Å². The lowest BCUT2D eigenvalue weighted by Gasteiger charge is -2.39. The number of nitrogens with zero attached hydrogens (tertiary/aromatic N) is 1. The molecule has 1 saturated heterocycles. The van der Waals surface area contributed by atoms with Crippen molar-refractivity contribution in [1.82, 2.24) is 10.2 Å². The molecule has 0 spiro atoms. The van der Waals surface area contributed by atoms with Crippen LogP contribution in [0, 0.1) is 0 Å². The molecule has 1 fully saturated rings. The first-order chi connectivity index (χ1) is 8.60. The van der Waals surface area contributed by atoms with E-state index in [0.29, 0.717) is 18.1 Å². The van der Waals surface area contributed by atoms with E-state index in [1.165, 1.54) is 5.56 Å². The molecule has 3 heteroatoms. The van der Waals surface area contributed by atoms with Gasteiger partial charge in [0.25, 0.3) is 0 Å². The van der Waals surface area contributed by atoms with Crippen molar-refractivity contribution < 1.29 is 4.74 Å². The summed E-state index contributed by atoms with van der Waals surface area (Å²) in [5, 5.41) is 3.57. The first-order valence-corrected chi connectivity index (χ1v) is 6.74. The molecule has 100 valence electrons. The summed E-state index contributed by atoms with van der Waals surface area (Å²) in [5.41, 5.74) is 1.36. The Balaban J connectivity index is 2.07. The molecule has 1 N–H and O–H groups in total. The highest BCUT2D eigenvalue weighted by Crippen LogP contribution is 2.24. The number of benzene rings is 1. The molecular formula is C15H24N2O. The standard InChI is InChI=1S/C15H24N2O/c1-11-9-17(10-12(2)16-11)13(3)14-5-7-15(18-4)8-6-14/h5-8,11-13,16H,9-10H2,1-4H3. The lowest BCUT2D eigenvalue weighted by molar-refractivity contribution is 0.131. The van der Waals surface area contributed by atoms with Gasteiger partial charge in [0.1, 0.15) is 5.75 Å². The molecule has 1 aliphatic heterocycles. The third-order valence-corrected chi connectivity index (χ3v) is 3.73. The molecule has 0 amide bonds. The molecule has 1 aliphatic rings. The normalized spacial score (nSPS) is 26.9. The van der Waals surface area contributed by atoms with E-state index < -0.39 is 0 Å². The summed E-state index contributed by atoms with van der Waals surface area (Å²) in [6, 6.07) is 10.0. The van der Waals surface area contributed by atoms with Crippen molar-refractivity contribution in [3.63, 3.8) is 0 Å². The maximum atomic E-state index is 5.20. The van der Waals surface area contributed by atoms with Crippen LogP contribution in [0.4, 0.5) is 0 Å².